The van der Waals surface area contributed by atoms with E-state index < -0.39 is 17.8 Å². The molecule has 3 amide bonds. The van der Waals surface area contributed by atoms with Gasteiger partial charge >= 0.3 is 17.8 Å². The number of carbonyl (C=O) groups excluding carboxylic acids is 3. The highest BCUT2D eigenvalue weighted by Gasteiger charge is 2.29. The minimum Gasteiger partial charge on any atom is -0.481 e. The van der Waals surface area contributed by atoms with E-state index in [1.54, 1.807) is 7.05 Å². The molecule has 0 spiro atoms. The Hall–Kier alpha value is -1.77. The summed E-state index contributed by atoms with van der Waals surface area (Å²) in [5.41, 5.74) is 0. The number of thioether (sulfide) groups is 1. The first kappa shape index (κ1) is 16.3. The van der Waals surface area contributed by atoms with E-state index >= 15 is 0 Å². The molecule has 0 saturated carbocycles. The van der Waals surface area contributed by atoms with Crippen LogP contribution < -0.4 is 5.32 Å². The summed E-state index contributed by atoms with van der Waals surface area (Å²) < 4.78 is 0. The number of rotatable bonds is 7. The summed E-state index contributed by atoms with van der Waals surface area (Å²) >= 11 is 1.00. The number of amides is 3. The number of nitrogens with zero attached hydrogens (tertiary/aromatic N) is 2. The maximum Gasteiger partial charge on any atom is 0.313 e. The van der Waals surface area contributed by atoms with Crippen LogP contribution in [0.25, 0.3) is 0 Å². The molecule has 1 saturated heterocycles. The second kappa shape index (κ2) is 7.73. The molecule has 0 aromatic carbocycles. The Morgan fingerprint density at radius 3 is 2.60 bits per heavy atom. The van der Waals surface area contributed by atoms with Gasteiger partial charge in [0.1, 0.15) is 0 Å². The summed E-state index contributed by atoms with van der Waals surface area (Å²) in [5.74, 6) is -2.43. The lowest BCUT2D eigenvalue weighted by atomic mass is 10.3. The molecule has 0 atom stereocenters. The van der Waals surface area contributed by atoms with E-state index in [4.69, 9.17) is 5.11 Å². The van der Waals surface area contributed by atoms with E-state index in [0.717, 1.165) is 11.8 Å². The Kier molecular flexibility index (Phi) is 6.29. The van der Waals surface area contributed by atoms with Crippen LogP contribution in [0.4, 0.5) is 0 Å². The molecular formula is C11H17N3O5S. The maximum atomic E-state index is 11.6. The molecule has 0 unspecified atom stereocenters. The zero-order valence-corrected chi connectivity index (χ0v) is 11.9. The zero-order chi connectivity index (χ0) is 15.1. The standard InChI is InChI=1S/C11H17N3O5S/c1-13-4-5-14(11(19)10(13)18)3-2-12-8(15)6-20-7-9(16)17/h2-7H2,1H3,(H,12,15)(H,16,17). The molecule has 0 aromatic heterocycles. The van der Waals surface area contributed by atoms with Crippen LogP contribution in [0.2, 0.25) is 0 Å². The van der Waals surface area contributed by atoms with Crippen LogP contribution in [0.15, 0.2) is 0 Å². The number of carboxylic acids is 1. The largest absolute Gasteiger partial charge is 0.481 e. The highest BCUT2D eigenvalue weighted by Crippen LogP contribution is 2.02. The first-order chi connectivity index (χ1) is 9.41. The van der Waals surface area contributed by atoms with Gasteiger partial charge in [0, 0.05) is 33.2 Å². The SMILES string of the molecule is CN1CCN(CCNC(=O)CSCC(=O)O)C(=O)C1=O. The third kappa shape index (κ3) is 5.08. The van der Waals surface area contributed by atoms with E-state index in [0.29, 0.717) is 13.1 Å². The Morgan fingerprint density at radius 2 is 1.95 bits per heavy atom. The van der Waals surface area contributed by atoms with Crippen molar-refractivity contribution in [2.45, 2.75) is 0 Å². The molecule has 0 aromatic rings. The van der Waals surface area contributed by atoms with Gasteiger partial charge in [-0.15, -0.1) is 11.8 Å². The Morgan fingerprint density at radius 1 is 1.25 bits per heavy atom. The summed E-state index contributed by atoms with van der Waals surface area (Å²) in [5, 5.41) is 11.0. The van der Waals surface area contributed by atoms with Crippen LogP contribution in [-0.4, -0.2) is 83.3 Å². The van der Waals surface area contributed by atoms with E-state index in [1.807, 2.05) is 0 Å². The van der Waals surface area contributed by atoms with Gasteiger partial charge in [0.2, 0.25) is 5.91 Å². The molecule has 9 heteroatoms. The van der Waals surface area contributed by atoms with Crippen molar-refractivity contribution < 1.29 is 24.3 Å². The molecule has 1 heterocycles. The molecule has 1 aliphatic heterocycles. The number of nitrogens with one attached hydrogen (secondary N) is 1. The van der Waals surface area contributed by atoms with Gasteiger partial charge in [0.15, 0.2) is 0 Å². The van der Waals surface area contributed by atoms with Gasteiger partial charge in [-0.2, -0.15) is 0 Å². The number of carbonyl (C=O) groups is 4. The fraction of sp³-hybridized carbons (Fsp3) is 0.636. The predicted octanol–water partition coefficient (Wildman–Crippen LogP) is -1.78. The van der Waals surface area contributed by atoms with Crippen molar-refractivity contribution >= 4 is 35.5 Å². The molecule has 0 aliphatic carbocycles. The first-order valence-electron chi connectivity index (χ1n) is 6.02. The number of piperazine rings is 1. The number of hydrogen-bond acceptors (Lipinski definition) is 5. The monoisotopic (exact) mass is 303 g/mol. The lowest BCUT2D eigenvalue weighted by Gasteiger charge is -2.31. The molecule has 0 bridgehead atoms. The lowest BCUT2D eigenvalue weighted by Crippen LogP contribution is -2.54. The molecule has 8 nitrogen and oxygen atoms in total. The van der Waals surface area contributed by atoms with Gasteiger partial charge in [-0.05, 0) is 0 Å². The van der Waals surface area contributed by atoms with Crippen molar-refractivity contribution in [3.05, 3.63) is 0 Å². The second-order valence-electron chi connectivity index (χ2n) is 4.26. The molecule has 112 valence electrons. The quantitative estimate of drug-likeness (QED) is 0.539. The normalized spacial score (nSPS) is 15.4. The Bertz CT molecular complexity index is 415. The van der Waals surface area contributed by atoms with Crippen LogP contribution in [-0.2, 0) is 19.2 Å². The highest BCUT2D eigenvalue weighted by molar-refractivity contribution is 8.00. The van der Waals surface area contributed by atoms with Gasteiger partial charge in [0.25, 0.3) is 0 Å². The van der Waals surface area contributed by atoms with Crippen LogP contribution in [0.3, 0.4) is 0 Å². The highest BCUT2D eigenvalue weighted by atomic mass is 32.2. The van der Waals surface area contributed by atoms with E-state index in [2.05, 4.69) is 5.32 Å². The Balaban J connectivity index is 2.20. The Labute approximate surface area is 120 Å². The molecule has 2 N–H and O–H groups in total. The van der Waals surface area contributed by atoms with Crippen molar-refractivity contribution in [1.82, 2.24) is 15.1 Å². The molecule has 1 aliphatic rings. The van der Waals surface area contributed by atoms with Crippen LogP contribution in [0, 0.1) is 0 Å². The smallest absolute Gasteiger partial charge is 0.313 e. The van der Waals surface area contributed by atoms with Gasteiger partial charge in [0.05, 0.1) is 11.5 Å². The second-order valence-corrected chi connectivity index (χ2v) is 5.24. The molecule has 20 heavy (non-hydrogen) atoms. The molecular weight excluding hydrogens is 286 g/mol. The number of carboxylic acid groups (broad SMARTS) is 1. The minimum absolute atomic E-state index is 0.0575. The van der Waals surface area contributed by atoms with E-state index in [-0.39, 0.29) is 30.5 Å². The van der Waals surface area contributed by atoms with Crippen LogP contribution in [0.1, 0.15) is 0 Å². The lowest BCUT2D eigenvalue weighted by molar-refractivity contribution is -0.154. The average Bonchev–Trinajstić information content (AvgIpc) is 2.38. The van der Waals surface area contributed by atoms with Crippen LogP contribution >= 0.6 is 11.8 Å². The summed E-state index contributed by atoms with van der Waals surface area (Å²) in [4.78, 5) is 47.4. The van der Waals surface area contributed by atoms with Gasteiger partial charge in [-0.25, -0.2) is 0 Å². The number of hydrogen-bond donors (Lipinski definition) is 2. The van der Waals surface area contributed by atoms with Crippen molar-refractivity contribution in [2.24, 2.45) is 0 Å². The molecule has 1 fully saturated rings. The summed E-state index contributed by atoms with van der Waals surface area (Å²) in [6, 6.07) is 0. The number of aliphatic carboxylic acids is 1. The third-order valence-electron chi connectivity index (χ3n) is 2.68. The van der Waals surface area contributed by atoms with Crippen molar-refractivity contribution in [3.8, 4) is 0 Å². The van der Waals surface area contributed by atoms with Crippen molar-refractivity contribution in [3.63, 3.8) is 0 Å². The molecule has 1 rings (SSSR count). The first-order valence-corrected chi connectivity index (χ1v) is 7.18. The summed E-state index contributed by atoms with van der Waals surface area (Å²) in [6.07, 6.45) is 0. The summed E-state index contributed by atoms with van der Waals surface area (Å²) in [7, 11) is 1.57. The average molecular weight is 303 g/mol. The van der Waals surface area contributed by atoms with Gasteiger partial charge in [-0.3, -0.25) is 19.2 Å². The third-order valence-corrected chi connectivity index (χ3v) is 3.60. The van der Waals surface area contributed by atoms with E-state index in [9.17, 15) is 19.2 Å². The van der Waals surface area contributed by atoms with E-state index in [1.165, 1.54) is 9.80 Å². The van der Waals surface area contributed by atoms with Gasteiger partial charge < -0.3 is 20.2 Å². The minimum atomic E-state index is -0.968. The molecule has 0 radical (unpaired) electrons. The zero-order valence-electron chi connectivity index (χ0n) is 11.1. The maximum absolute atomic E-state index is 11.6. The van der Waals surface area contributed by atoms with Crippen molar-refractivity contribution in [1.29, 1.82) is 0 Å². The number of likely N-dealkylation sites (N-methyl/N-ethyl adjacent to an activating group) is 1. The van der Waals surface area contributed by atoms with Crippen LogP contribution in [0.5, 0.6) is 0 Å². The van der Waals surface area contributed by atoms with Gasteiger partial charge in [-0.1, -0.05) is 0 Å². The summed E-state index contributed by atoms with van der Waals surface area (Å²) in [6.45, 7) is 1.45. The predicted molar refractivity (Wildman–Crippen MR) is 72.2 cm³/mol. The fourth-order valence-electron chi connectivity index (χ4n) is 1.60. The topological polar surface area (TPSA) is 107 Å². The fourth-order valence-corrected chi connectivity index (χ4v) is 2.16. The van der Waals surface area contributed by atoms with Crippen molar-refractivity contribution in [2.75, 3.05) is 44.7 Å².